The van der Waals surface area contributed by atoms with Gasteiger partial charge in [0.15, 0.2) is 0 Å². The molecule has 0 bridgehead atoms. The standard InChI is InChI=1S/C22H25N3O2S/c1-14-8-7-9-15(2)25(14)18(26)12-24-13-23-21-19(22(24)27)16(3)20(28-21)17-10-5-4-6-11-17/h4-6,10-11,13-15H,7-9,12H2,1-3H3/t14-,15-/m0/s1. The average Bonchev–Trinajstić information content (AvgIpc) is 3.02. The highest BCUT2D eigenvalue weighted by molar-refractivity contribution is 7.22. The van der Waals surface area contributed by atoms with Crippen LogP contribution >= 0.6 is 11.3 Å². The summed E-state index contributed by atoms with van der Waals surface area (Å²) < 4.78 is 1.47. The lowest BCUT2D eigenvalue weighted by Crippen LogP contribution is -2.49. The van der Waals surface area contributed by atoms with Crippen LogP contribution < -0.4 is 5.56 Å². The van der Waals surface area contributed by atoms with Gasteiger partial charge in [0, 0.05) is 17.0 Å². The molecule has 28 heavy (non-hydrogen) atoms. The van der Waals surface area contributed by atoms with Crippen molar-refractivity contribution in [2.45, 2.75) is 58.7 Å². The number of benzene rings is 1. The van der Waals surface area contributed by atoms with Crippen molar-refractivity contribution in [2.24, 2.45) is 0 Å². The molecule has 3 heterocycles. The number of hydrogen-bond donors (Lipinski definition) is 0. The van der Waals surface area contributed by atoms with Crippen LogP contribution in [0.25, 0.3) is 20.7 Å². The van der Waals surface area contributed by atoms with Crippen LogP contribution in [0.1, 0.15) is 38.7 Å². The third-order valence-electron chi connectivity index (χ3n) is 5.74. The maximum Gasteiger partial charge on any atom is 0.262 e. The van der Waals surface area contributed by atoms with Crippen molar-refractivity contribution in [3.63, 3.8) is 0 Å². The number of aryl methyl sites for hydroxylation is 1. The van der Waals surface area contributed by atoms with E-state index in [0.29, 0.717) is 5.39 Å². The van der Waals surface area contributed by atoms with Gasteiger partial charge in [-0.05, 0) is 51.2 Å². The fraction of sp³-hybridized carbons (Fsp3) is 0.409. The van der Waals surface area contributed by atoms with Crippen molar-refractivity contribution in [3.05, 3.63) is 52.6 Å². The molecule has 1 fully saturated rings. The summed E-state index contributed by atoms with van der Waals surface area (Å²) in [5.41, 5.74) is 1.89. The molecule has 0 N–H and O–H groups in total. The van der Waals surface area contributed by atoms with E-state index in [4.69, 9.17) is 0 Å². The first-order valence-electron chi connectivity index (χ1n) is 9.82. The SMILES string of the molecule is Cc1c(-c2ccccc2)sc2ncn(CC(=O)N3[C@@H](C)CCC[C@@H]3C)c(=O)c12. The monoisotopic (exact) mass is 395 g/mol. The molecule has 1 aliphatic rings. The van der Waals surface area contributed by atoms with E-state index in [1.54, 1.807) is 0 Å². The lowest BCUT2D eigenvalue weighted by atomic mass is 9.97. The molecule has 0 radical (unpaired) electrons. The largest absolute Gasteiger partial charge is 0.336 e. The van der Waals surface area contributed by atoms with Crippen LogP contribution in [-0.4, -0.2) is 32.4 Å². The van der Waals surface area contributed by atoms with Crippen LogP contribution in [0.2, 0.25) is 0 Å². The molecular formula is C22H25N3O2S. The maximum absolute atomic E-state index is 13.1. The number of rotatable bonds is 3. The van der Waals surface area contributed by atoms with Gasteiger partial charge in [0.2, 0.25) is 5.91 Å². The third kappa shape index (κ3) is 3.26. The predicted octanol–water partition coefficient (Wildman–Crippen LogP) is 4.22. The second-order valence-electron chi connectivity index (χ2n) is 7.71. The number of fused-ring (bicyclic) bond motifs is 1. The van der Waals surface area contributed by atoms with Crippen LogP contribution in [0.5, 0.6) is 0 Å². The van der Waals surface area contributed by atoms with Crippen LogP contribution in [-0.2, 0) is 11.3 Å². The quantitative estimate of drug-likeness (QED) is 0.667. The first kappa shape index (κ1) is 18.9. The Morgan fingerprint density at radius 2 is 1.86 bits per heavy atom. The fourth-order valence-corrected chi connectivity index (χ4v) is 5.42. The van der Waals surface area contributed by atoms with E-state index < -0.39 is 0 Å². The van der Waals surface area contributed by atoms with Gasteiger partial charge in [0.25, 0.3) is 5.56 Å². The number of hydrogen-bond acceptors (Lipinski definition) is 4. The molecule has 6 heteroatoms. The summed E-state index contributed by atoms with van der Waals surface area (Å²) in [6.45, 7) is 6.19. The summed E-state index contributed by atoms with van der Waals surface area (Å²) in [6.07, 6.45) is 4.71. The molecule has 1 aliphatic heterocycles. The smallest absolute Gasteiger partial charge is 0.262 e. The molecule has 3 aromatic rings. The molecule has 1 saturated heterocycles. The second kappa shape index (κ2) is 7.51. The maximum atomic E-state index is 13.1. The summed E-state index contributed by atoms with van der Waals surface area (Å²) in [5, 5.41) is 0.624. The minimum absolute atomic E-state index is 0.000819. The Morgan fingerprint density at radius 3 is 2.54 bits per heavy atom. The minimum atomic E-state index is -0.133. The molecule has 0 aliphatic carbocycles. The van der Waals surface area contributed by atoms with Gasteiger partial charge in [0.1, 0.15) is 11.4 Å². The van der Waals surface area contributed by atoms with E-state index in [9.17, 15) is 9.59 Å². The first-order chi connectivity index (χ1) is 13.5. The van der Waals surface area contributed by atoms with Crippen LogP contribution in [0.3, 0.4) is 0 Å². The number of piperidine rings is 1. The Bertz CT molecular complexity index is 1060. The number of carbonyl (C=O) groups is 1. The Kier molecular flexibility index (Phi) is 5.06. The summed E-state index contributed by atoms with van der Waals surface area (Å²) in [6, 6.07) is 10.5. The van der Waals surface area contributed by atoms with Crippen LogP contribution in [0.15, 0.2) is 41.5 Å². The molecular weight excluding hydrogens is 370 g/mol. The highest BCUT2D eigenvalue weighted by atomic mass is 32.1. The molecule has 146 valence electrons. The number of thiophene rings is 1. The lowest BCUT2D eigenvalue weighted by Gasteiger charge is -2.39. The minimum Gasteiger partial charge on any atom is -0.336 e. The Morgan fingerprint density at radius 1 is 1.18 bits per heavy atom. The zero-order chi connectivity index (χ0) is 19.8. The molecule has 0 spiro atoms. The molecule has 5 nitrogen and oxygen atoms in total. The third-order valence-corrected chi connectivity index (χ3v) is 6.99. The Hall–Kier alpha value is -2.47. The van der Waals surface area contributed by atoms with E-state index in [1.165, 1.54) is 22.2 Å². The van der Waals surface area contributed by atoms with Gasteiger partial charge in [-0.3, -0.25) is 14.2 Å². The van der Waals surface area contributed by atoms with Crippen molar-refractivity contribution >= 4 is 27.5 Å². The van der Waals surface area contributed by atoms with Gasteiger partial charge in [-0.1, -0.05) is 30.3 Å². The van der Waals surface area contributed by atoms with Gasteiger partial charge in [0.05, 0.1) is 11.7 Å². The van der Waals surface area contributed by atoms with Gasteiger partial charge in [-0.25, -0.2) is 4.98 Å². The molecule has 0 unspecified atom stereocenters. The van der Waals surface area contributed by atoms with Crippen LogP contribution in [0.4, 0.5) is 0 Å². The second-order valence-corrected chi connectivity index (χ2v) is 8.71. The zero-order valence-corrected chi connectivity index (χ0v) is 17.3. The van der Waals surface area contributed by atoms with Gasteiger partial charge in [-0.2, -0.15) is 0 Å². The normalized spacial score (nSPS) is 19.9. The number of amides is 1. The molecule has 0 saturated carbocycles. The molecule has 1 amide bonds. The number of aromatic nitrogens is 2. The van der Waals surface area contributed by atoms with E-state index in [1.807, 2.05) is 42.2 Å². The average molecular weight is 396 g/mol. The van der Waals surface area contributed by atoms with E-state index in [-0.39, 0.29) is 30.1 Å². The van der Waals surface area contributed by atoms with Crippen molar-refractivity contribution in [1.82, 2.24) is 14.5 Å². The molecule has 4 rings (SSSR count). The topological polar surface area (TPSA) is 55.2 Å². The van der Waals surface area contributed by atoms with Crippen molar-refractivity contribution in [3.8, 4) is 10.4 Å². The molecule has 1 aromatic carbocycles. The Balaban J connectivity index is 1.69. The number of nitrogens with zero attached hydrogens (tertiary/aromatic N) is 3. The molecule has 2 aromatic heterocycles. The highest BCUT2D eigenvalue weighted by Gasteiger charge is 2.29. The van der Waals surface area contributed by atoms with E-state index in [0.717, 1.165) is 40.1 Å². The summed E-state index contributed by atoms with van der Waals surface area (Å²) in [5.74, 6) is -0.000819. The predicted molar refractivity (Wildman–Crippen MR) is 114 cm³/mol. The van der Waals surface area contributed by atoms with Crippen molar-refractivity contribution < 1.29 is 4.79 Å². The number of likely N-dealkylation sites (tertiary alicyclic amines) is 1. The van der Waals surface area contributed by atoms with Crippen molar-refractivity contribution in [1.29, 1.82) is 0 Å². The van der Waals surface area contributed by atoms with Crippen LogP contribution in [0, 0.1) is 6.92 Å². The highest BCUT2D eigenvalue weighted by Crippen LogP contribution is 2.35. The lowest BCUT2D eigenvalue weighted by molar-refractivity contribution is -0.138. The van der Waals surface area contributed by atoms with Gasteiger partial charge in [-0.15, -0.1) is 11.3 Å². The molecule has 2 atom stereocenters. The van der Waals surface area contributed by atoms with E-state index in [2.05, 4.69) is 18.8 Å². The summed E-state index contributed by atoms with van der Waals surface area (Å²) >= 11 is 1.53. The zero-order valence-electron chi connectivity index (χ0n) is 16.5. The first-order valence-corrected chi connectivity index (χ1v) is 10.6. The van der Waals surface area contributed by atoms with Crippen molar-refractivity contribution in [2.75, 3.05) is 0 Å². The van der Waals surface area contributed by atoms with Gasteiger partial charge < -0.3 is 4.90 Å². The summed E-state index contributed by atoms with van der Waals surface area (Å²) in [4.78, 5) is 34.3. The van der Waals surface area contributed by atoms with E-state index >= 15 is 0 Å². The Labute approximate surface area is 168 Å². The summed E-state index contributed by atoms with van der Waals surface area (Å²) in [7, 11) is 0. The van der Waals surface area contributed by atoms with Gasteiger partial charge >= 0.3 is 0 Å². The fourth-order valence-electron chi connectivity index (χ4n) is 4.28. The number of carbonyl (C=O) groups excluding carboxylic acids is 1.